The summed E-state index contributed by atoms with van der Waals surface area (Å²) in [4.78, 5) is 0. The summed E-state index contributed by atoms with van der Waals surface area (Å²) in [5.74, 6) is 1.29. The molecule has 1 unspecified atom stereocenters. The molecule has 0 radical (unpaired) electrons. The Bertz CT molecular complexity index is 988. The molecule has 1 aliphatic rings. The number of benzene rings is 2. The van der Waals surface area contributed by atoms with E-state index in [-0.39, 0.29) is 11.7 Å². The van der Waals surface area contributed by atoms with E-state index in [1.165, 1.54) is 0 Å². The van der Waals surface area contributed by atoms with Crippen LogP contribution in [0.4, 0.5) is 0 Å². The molecule has 0 amide bonds. The van der Waals surface area contributed by atoms with Crippen molar-refractivity contribution in [1.29, 1.82) is 0 Å². The highest BCUT2D eigenvalue weighted by Gasteiger charge is 2.32. The van der Waals surface area contributed by atoms with Gasteiger partial charge in [0.2, 0.25) is 21.8 Å². The van der Waals surface area contributed by atoms with Crippen LogP contribution in [0.15, 0.2) is 65.1 Å². The van der Waals surface area contributed by atoms with E-state index in [0.717, 1.165) is 17.5 Å². The van der Waals surface area contributed by atoms with Gasteiger partial charge in [-0.1, -0.05) is 48.5 Å². The van der Waals surface area contributed by atoms with E-state index in [2.05, 4.69) is 10.2 Å². The molecule has 1 aliphatic heterocycles. The summed E-state index contributed by atoms with van der Waals surface area (Å²) in [6, 6.07) is 18.9. The van der Waals surface area contributed by atoms with Gasteiger partial charge in [0.1, 0.15) is 0 Å². The zero-order valence-electron chi connectivity index (χ0n) is 14.9. The van der Waals surface area contributed by atoms with Crippen molar-refractivity contribution in [2.24, 2.45) is 5.92 Å². The van der Waals surface area contributed by atoms with Gasteiger partial charge in [-0.25, -0.2) is 12.7 Å². The molecule has 0 spiro atoms. The highest BCUT2D eigenvalue weighted by atomic mass is 32.2. The average Bonchev–Trinajstić information content (AvgIpc) is 3.34. The lowest BCUT2D eigenvalue weighted by Crippen LogP contribution is -2.30. The van der Waals surface area contributed by atoms with Crippen LogP contribution in [-0.4, -0.2) is 36.0 Å². The first-order valence-corrected chi connectivity index (χ1v) is 10.6. The SMILES string of the molecule is O=S(=O)(Cc1ccccc1)N1CCC(Cc2nnc(-c3ccccc3)o2)C1. The van der Waals surface area contributed by atoms with Crippen LogP contribution < -0.4 is 0 Å². The van der Waals surface area contributed by atoms with Crippen LogP contribution >= 0.6 is 0 Å². The van der Waals surface area contributed by atoms with Gasteiger partial charge in [-0.3, -0.25) is 0 Å². The lowest BCUT2D eigenvalue weighted by atomic mass is 10.1. The van der Waals surface area contributed by atoms with Gasteiger partial charge < -0.3 is 4.42 Å². The number of rotatable bonds is 6. The Hall–Kier alpha value is -2.51. The molecule has 1 aromatic heterocycles. The van der Waals surface area contributed by atoms with Crippen molar-refractivity contribution in [3.63, 3.8) is 0 Å². The Morgan fingerprint density at radius 1 is 1.00 bits per heavy atom. The number of hydrogen-bond acceptors (Lipinski definition) is 5. The third kappa shape index (κ3) is 4.26. The van der Waals surface area contributed by atoms with Crippen molar-refractivity contribution in [3.05, 3.63) is 72.1 Å². The zero-order valence-corrected chi connectivity index (χ0v) is 15.7. The van der Waals surface area contributed by atoms with Crippen molar-refractivity contribution in [1.82, 2.24) is 14.5 Å². The van der Waals surface area contributed by atoms with Gasteiger partial charge in [-0.2, -0.15) is 0 Å². The molecular formula is C20H21N3O3S. The van der Waals surface area contributed by atoms with Crippen molar-refractivity contribution in [2.45, 2.75) is 18.6 Å². The Labute approximate surface area is 158 Å². The van der Waals surface area contributed by atoms with Crippen LogP contribution in [0.2, 0.25) is 0 Å². The Morgan fingerprint density at radius 3 is 2.44 bits per heavy atom. The molecule has 2 heterocycles. The van der Waals surface area contributed by atoms with Crippen molar-refractivity contribution in [3.8, 4) is 11.5 Å². The van der Waals surface area contributed by atoms with E-state index in [0.29, 0.717) is 31.3 Å². The highest BCUT2D eigenvalue weighted by Crippen LogP contribution is 2.26. The molecule has 0 saturated carbocycles. The van der Waals surface area contributed by atoms with Gasteiger partial charge in [-0.05, 0) is 30.0 Å². The summed E-state index contributed by atoms with van der Waals surface area (Å²) in [6.07, 6.45) is 1.40. The molecule has 1 atom stereocenters. The molecule has 7 heteroatoms. The first-order chi connectivity index (χ1) is 13.1. The van der Waals surface area contributed by atoms with Gasteiger partial charge in [0, 0.05) is 25.1 Å². The molecule has 0 N–H and O–H groups in total. The maximum Gasteiger partial charge on any atom is 0.247 e. The molecule has 6 nitrogen and oxygen atoms in total. The highest BCUT2D eigenvalue weighted by molar-refractivity contribution is 7.88. The third-order valence-corrected chi connectivity index (χ3v) is 6.60. The number of sulfonamides is 1. The summed E-state index contributed by atoms with van der Waals surface area (Å²) >= 11 is 0. The predicted molar refractivity (Wildman–Crippen MR) is 102 cm³/mol. The fourth-order valence-electron chi connectivity index (χ4n) is 3.37. The van der Waals surface area contributed by atoms with E-state index < -0.39 is 10.0 Å². The fourth-order valence-corrected chi connectivity index (χ4v) is 4.99. The Morgan fingerprint density at radius 2 is 1.70 bits per heavy atom. The normalized spacial score (nSPS) is 18.0. The summed E-state index contributed by atoms with van der Waals surface area (Å²) in [7, 11) is -3.31. The Balaban J connectivity index is 1.38. The summed E-state index contributed by atoms with van der Waals surface area (Å²) in [5.41, 5.74) is 1.69. The molecule has 3 aromatic rings. The van der Waals surface area contributed by atoms with Crippen LogP contribution in [0.25, 0.3) is 11.5 Å². The van der Waals surface area contributed by atoms with E-state index in [1.807, 2.05) is 60.7 Å². The molecule has 4 rings (SSSR count). The molecule has 1 saturated heterocycles. The van der Waals surface area contributed by atoms with E-state index in [1.54, 1.807) is 4.31 Å². The van der Waals surface area contributed by atoms with E-state index >= 15 is 0 Å². The molecular weight excluding hydrogens is 362 g/mol. The van der Waals surface area contributed by atoms with Gasteiger partial charge in [0.05, 0.1) is 5.75 Å². The van der Waals surface area contributed by atoms with Crippen LogP contribution in [-0.2, 0) is 22.2 Å². The van der Waals surface area contributed by atoms with Crippen LogP contribution in [0.5, 0.6) is 0 Å². The maximum atomic E-state index is 12.7. The van der Waals surface area contributed by atoms with E-state index in [4.69, 9.17) is 4.42 Å². The first kappa shape index (κ1) is 17.9. The summed E-state index contributed by atoms with van der Waals surface area (Å²) in [6.45, 7) is 1.04. The molecule has 2 aromatic carbocycles. The van der Waals surface area contributed by atoms with Crippen LogP contribution in [0.3, 0.4) is 0 Å². The quantitative estimate of drug-likeness (QED) is 0.654. The monoisotopic (exact) mass is 383 g/mol. The second-order valence-corrected chi connectivity index (χ2v) is 8.79. The summed E-state index contributed by atoms with van der Waals surface area (Å²) < 4.78 is 32.7. The number of aromatic nitrogens is 2. The van der Waals surface area contributed by atoms with Crippen molar-refractivity contribution >= 4 is 10.0 Å². The smallest absolute Gasteiger partial charge is 0.247 e. The fraction of sp³-hybridized carbons (Fsp3) is 0.300. The number of hydrogen-bond donors (Lipinski definition) is 0. The standard InChI is InChI=1S/C20H21N3O3S/c24-27(25,15-16-7-3-1-4-8-16)23-12-11-17(14-23)13-19-21-22-20(26-19)18-9-5-2-6-10-18/h1-10,17H,11-15H2. The van der Waals surface area contributed by atoms with E-state index in [9.17, 15) is 8.42 Å². The molecule has 0 aliphatic carbocycles. The predicted octanol–water partition coefficient (Wildman–Crippen LogP) is 3.13. The Kier molecular flexibility index (Phi) is 5.05. The van der Waals surface area contributed by atoms with Gasteiger partial charge in [0.15, 0.2) is 0 Å². The first-order valence-electron chi connectivity index (χ1n) is 9.00. The topological polar surface area (TPSA) is 76.3 Å². The lowest BCUT2D eigenvalue weighted by Gasteiger charge is -2.16. The zero-order chi connectivity index (χ0) is 18.7. The number of nitrogens with zero attached hydrogens (tertiary/aromatic N) is 3. The minimum Gasteiger partial charge on any atom is -0.421 e. The molecule has 1 fully saturated rings. The second-order valence-electron chi connectivity index (χ2n) is 6.83. The second kappa shape index (κ2) is 7.62. The van der Waals surface area contributed by atoms with Crippen molar-refractivity contribution in [2.75, 3.05) is 13.1 Å². The lowest BCUT2D eigenvalue weighted by molar-refractivity contribution is 0.423. The minimum absolute atomic E-state index is 0.0409. The molecule has 27 heavy (non-hydrogen) atoms. The minimum atomic E-state index is -3.31. The van der Waals surface area contributed by atoms with Gasteiger partial charge in [-0.15, -0.1) is 10.2 Å². The summed E-state index contributed by atoms with van der Waals surface area (Å²) in [5, 5.41) is 8.23. The largest absolute Gasteiger partial charge is 0.421 e. The van der Waals surface area contributed by atoms with Gasteiger partial charge >= 0.3 is 0 Å². The van der Waals surface area contributed by atoms with Crippen LogP contribution in [0.1, 0.15) is 17.9 Å². The molecule has 140 valence electrons. The third-order valence-electron chi connectivity index (χ3n) is 4.78. The maximum absolute atomic E-state index is 12.7. The van der Waals surface area contributed by atoms with Crippen molar-refractivity contribution < 1.29 is 12.8 Å². The van der Waals surface area contributed by atoms with Gasteiger partial charge in [0.25, 0.3) is 0 Å². The molecule has 0 bridgehead atoms. The van der Waals surface area contributed by atoms with Crippen LogP contribution in [0, 0.1) is 5.92 Å². The average molecular weight is 383 g/mol.